The summed E-state index contributed by atoms with van der Waals surface area (Å²) in [5, 5.41) is 31.6. The van der Waals surface area contributed by atoms with Gasteiger partial charge >= 0.3 is 5.97 Å². The highest BCUT2D eigenvalue weighted by Gasteiger charge is 2.26. The van der Waals surface area contributed by atoms with Crippen molar-refractivity contribution in [3.63, 3.8) is 0 Å². The summed E-state index contributed by atoms with van der Waals surface area (Å²) in [5.41, 5.74) is -0.108. The van der Waals surface area contributed by atoms with Crippen molar-refractivity contribution in [2.24, 2.45) is 0 Å². The maximum atomic E-state index is 11.2. The van der Waals surface area contributed by atoms with Gasteiger partial charge in [0.1, 0.15) is 5.82 Å². The fraction of sp³-hybridized carbons (Fsp3) is 0.333. The maximum absolute atomic E-state index is 11.2. The minimum atomic E-state index is -1.00. The SMILES string of the molecule is CCC(CO)(CO)Nc1ccc2c(C(=O)O)cccc2n1. The van der Waals surface area contributed by atoms with Gasteiger partial charge in [0.25, 0.3) is 0 Å². The fourth-order valence-electron chi connectivity index (χ4n) is 2.12. The van der Waals surface area contributed by atoms with E-state index in [1.165, 1.54) is 6.07 Å². The lowest BCUT2D eigenvalue weighted by Gasteiger charge is -2.30. The first-order valence-electron chi connectivity index (χ1n) is 6.68. The number of fused-ring (bicyclic) bond motifs is 1. The van der Waals surface area contributed by atoms with Gasteiger partial charge in [-0.2, -0.15) is 0 Å². The van der Waals surface area contributed by atoms with Crippen LogP contribution in [0.3, 0.4) is 0 Å². The Bertz CT molecular complexity index is 645. The summed E-state index contributed by atoms with van der Waals surface area (Å²) < 4.78 is 0. The second kappa shape index (κ2) is 6.07. The summed E-state index contributed by atoms with van der Waals surface area (Å²) >= 11 is 0. The largest absolute Gasteiger partial charge is 0.478 e. The number of hydrogen-bond donors (Lipinski definition) is 4. The number of rotatable bonds is 6. The normalized spacial score (nSPS) is 11.6. The number of carboxylic acids is 1. The summed E-state index contributed by atoms with van der Waals surface area (Å²) in [4.78, 5) is 15.5. The molecule has 1 aromatic carbocycles. The molecule has 0 spiro atoms. The zero-order chi connectivity index (χ0) is 15.5. The van der Waals surface area contributed by atoms with Crippen molar-refractivity contribution in [1.82, 2.24) is 4.98 Å². The Morgan fingerprint density at radius 2 is 1.95 bits per heavy atom. The zero-order valence-corrected chi connectivity index (χ0v) is 11.7. The van der Waals surface area contributed by atoms with E-state index in [2.05, 4.69) is 10.3 Å². The summed E-state index contributed by atoms with van der Waals surface area (Å²) in [7, 11) is 0. The number of benzene rings is 1. The number of aromatic nitrogens is 1. The molecule has 0 fully saturated rings. The van der Waals surface area contributed by atoms with E-state index < -0.39 is 11.5 Å². The molecule has 0 saturated carbocycles. The first kappa shape index (κ1) is 15.2. The second-order valence-corrected chi connectivity index (χ2v) is 4.95. The molecule has 4 N–H and O–H groups in total. The number of hydrogen-bond acceptors (Lipinski definition) is 5. The molecule has 1 heterocycles. The van der Waals surface area contributed by atoms with Crippen LogP contribution in [0.25, 0.3) is 10.9 Å². The predicted molar refractivity (Wildman–Crippen MR) is 79.5 cm³/mol. The average molecular weight is 290 g/mol. The molecule has 0 aliphatic heterocycles. The van der Waals surface area contributed by atoms with Crippen molar-refractivity contribution in [2.75, 3.05) is 18.5 Å². The van der Waals surface area contributed by atoms with Crippen LogP contribution in [-0.4, -0.2) is 45.0 Å². The van der Waals surface area contributed by atoms with E-state index in [-0.39, 0.29) is 18.8 Å². The van der Waals surface area contributed by atoms with Crippen LogP contribution in [0.2, 0.25) is 0 Å². The molecule has 0 unspecified atom stereocenters. The average Bonchev–Trinajstić information content (AvgIpc) is 2.51. The number of nitrogens with one attached hydrogen (secondary N) is 1. The minimum Gasteiger partial charge on any atom is -0.478 e. The van der Waals surface area contributed by atoms with Gasteiger partial charge in [-0.25, -0.2) is 9.78 Å². The highest BCUT2D eigenvalue weighted by molar-refractivity contribution is 6.02. The third kappa shape index (κ3) is 2.96. The Morgan fingerprint density at radius 1 is 1.24 bits per heavy atom. The molecule has 0 atom stereocenters. The number of carboxylic acid groups (broad SMARTS) is 1. The van der Waals surface area contributed by atoms with Crippen LogP contribution in [0.15, 0.2) is 30.3 Å². The molecule has 21 heavy (non-hydrogen) atoms. The van der Waals surface area contributed by atoms with Crippen LogP contribution < -0.4 is 5.32 Å². The Kier molecular flexibility index (Phi) is 4.40. The van der Waals surface area contributed by atoms with Crippen molar-refractivity contribution in [2.45, 2.75) is 18.9 Å². The van der Waals surface area contributed by atoms with Crippen molar-refractivity contribution < 1.29 is 20.1 Å². The Morgan fingerprint density at radius 3 is 2.52 bits per heavy atom. The molecule has 112 valence electrons. The van der Waals surface area contributed by atoms with Crippen LogP contribution in [0.5, 0.6) is 0 Å². The summed E-state index contributed by atoms with van der Waals surface area (Å²) in [6.07, 6.45) is 0.523. The number of aliphatic hydroxyl groups is 2. The number of pyridine rings is 1. The van der Waals surface area contributed by atoms with Gasteiger partial charge in [-0.1, -0.05) is 13.0 Å². The quantitative estimate of drug-likeness (QED) is 0.642. The van der Waals surface area contributed by atoms with Gasteiger partial charge in [0, 0.05) is 5.39 Å². The molecule has 0 saturated heterocycles. The summed E-state index contributed by atoms with van der Waals surface area (Å²) in [5.74, 6) is -0.522. The van der Waals surface area contributed by atoms with Gasteiger partial charge < -0.3 is 20.6 Å². The Hall–Kier alpha value is -2.18. The van der Waals surface area contributed by atoms with Gasteiger partial charge in [0.2, 0.25) is 0 Å². The van der Waals surface area contributed by atoms with E-state index in [1.807, 2.05) is 6.92 Å². The van der Waals surface area contributed by atoms with Crippen LogP contribution in [0.4, 0.5) is 5.82 Å². The standard InChI is InChI=1S/C15H18N2O4/c1-2-15(8-18,9-19)17-13-7-6-10-11(14(20)21)4-3-5-12(10)16-13/h3-7,18-19H,2,8-9H2,1H3,(H,16,17)(H,20,21). The van der Waals surface area contributed by atoms with Crippen LogP contribution in [-0.2, 0) is 0 Å². The van der Waals surface area contributed by atoms with Crippen molar-refractivity contribution in [1.29, 1.82) is 0 Å². The zero-order valence-electron chi connectivity index (χ0n) is 11.7. The highest BCUT2D eigenvalue weighted by atomic mass is 16.4. The molecular formula is C15H18N2O4. The number of nitrogens with zero attached hydrogens (tertiary/aromatic N) is 1. The van der Waals surface area contributed by atoms with Gasteiger partial charge in [-0.3, -0.25) is 0 Å². The third-order valence-corrected chi connectivity index (χ3v) is 3.64. The maximum Gasteiger partial charge on any atom is 0.336 e. The Balaban J connectivity index is 2.42. The smallest absolute Gasteiger partial charge is 0.336 e. The summed E-state index contributed by atoms with van der Waals surface area (Å²) in [6.45, 7) is 1.40. The fourth-order valence-corrected chi connectivity index (χ4v) is 2.12. The van der Waals surface area contributed by atoms with E-state index in [0.29, 0.717) is 23.1 Å². The van der Waals surface area contributed by atoms with E-state index in [0.717, 1.165) is 0 Å². The lowest BCUT2D eigenvalue weighted by molar-refractivity contribution is 0.0699. The molecule has 1 aromatic heterocycles. The topological polar surface area (TPSA) is 103 Å². The number of anilines is 1. The molecule has 2 aromatic rings. The molecule has 6 nitrogen and oxygen atoms in total. The number of aliphatic hydroxyl groups excluding tert-OH is 2. The highest BCUT2D eigenvalue weighted by Crippen LogP contribution is 2.22. The monoisotopic (exact) mass is 290 g/mol. The predicted octanol–water partition coefficient (Wildman–Crippen LogP) is 1.48. The molecule has 6 heteroatoms. The van der Waals surface area contributed by atoms with Crippen LogP contribution in [0, 0.1) is 0 Å². The van der Waals surface area contributed by atoms with Gasteiger partial charge in [0.05, 0.1) is 29.8 Å². The van der Waals surface area contributed by atoms with Gasteiger partial charge in [-0.15, -0.1) is 0 Å². The lowest BCUT2D eigenvalue weighted by Crippen LogP contribution is -2.45. The third-order valence-electron chi connectivity index (χ3n) is 3.64. The Labute approximate surface area is 122 Å². The van der Waals surface area contributed by atoms with Gasteiger partial charge in [0.15, 0.2) is 0 Å². The molecule has 0 amide bonds. The minimum absolute atomic E-state index is 0.192. The number of aromatic carboxylic acids is 1. The first-order chi connectivity index (χ1) is 10.0. The van der Waals surface area contributed by atoms with Gasteiger partial charge in [-0.05, 0) is 30.7 Å². The van der Waals surface area contributed by atoms with E-state index in [9.17, 15) is 15.0 Å². The van der Waals surface area contributed by atoms with Crippen molar-refractivity contribution in [3.8, 4) is 0 Å². The van der Waals surface area contributed by atoms with E-state index >= 15 is 0 Å². The second-order valence-electron chi connectivity index (χ2n) is 4.95. The summed E-state index contributed by atoms with van der Waals surface area (Å²) in [6, 6.07) is 8.19. The van der Waals surface area contributed by atoms with Crippen molar-refractivity contribution >= 4 is 22.7 Å². The number of carbonyl (C=O) groups is 1. The lowest BCUT2D eigenvalue weighted by atomic mass is 9.98. The molecule has 0 bridgehead atoms. The van der Waals surface area contributed by atoms with Crippen LogP contribution in [0.1, 0.15) is 23.7 Å². The molecule has 0 aliphatic rings. The molecule has 0 radical (unpaired) electrons. The molecule has 0 aliphatic carbocycles. The van der Waals surface area contributed by atoms with Crippen LogP contribution >= 0.6 is 0 Å². The molecule has 2 rings (SSSR count). The molecular weight excluding hydrogens is 272 g/mol. The first-order valence-corrected chi connectivity index (χ1v) is 6.68. The van der Waals surface area contributed by atoms with E-state index in [4.69, 9.17) is 5.11 Å². The van der Waals surface area contributed by atoms with E-state index in [1.54, 1.807) is 24.3 Å². The van der Waals surface area contributed by atoms with Crippen molar-refractivity contribution in [3.05, 3.63) is 35.9 Å².